The molecule has 1 aliphatic carbocycles. The van der Waals surface area contributed by atoms with Crippen LogP contribution in [0.1, 0.15) is 57.1 Å². The van der Waals surface area contributed by atoms with E-state index in [2.05, 4.69) is 4.98 Å². The third-order valence-electron chi connectivity index (χ3n) is 4.74. The molecule has 1 saturated carbocycles. The average Bonchev–Trinajstić information content (AvgIpc) is 2.64. The van der Waals surface area contributed by atoms with E-state index in [0.29, 0.717) is 25.4 Å². The minimum atomic E-state index is -0.291. The van der Waals surface area contributed by atoms with Gasteiger partial charge in [0.05, 0.1) is 25.8 Å². The molecule has 0 aliphatic heterocycles. The summed E-state index contributed by atoms with van der Waals surface area (Å²) in [7, 11) is 1.37. The fourth-order valence-corrected chi connectivity index (χ4v) is 3.27. The number of esters is 1. The van der Waals surface area contributed by atoms with Crippen molar-refractivity contribution in [2.75, 3.05) is 13.7 Å². The van der Waals surface area contributed by atoms with Crippen molar-refractivity contribution in [3.63, 3.8) is 0 Å². The molecule has 0 N–H and O–H groups in total. The lowest BCUT2D eigenvalue weighted by Crippen LogP contribution is -2.33. The summed E-state index contributed by atoms with van der Waals surface area (Å²) in [5.74, 6) is 0.497. The predicted octanol–water partition coefficient (Wildman–Crippen LogP) is 3.33. The first-order chi connectivity index (χ1) is 11.7. The number of rotatable bonds is 8. The number of carbonyl (C=O) groups is 2. The van der Waals surface area contributed by atoms with E-state index in [1.54, 1.807) is 11.1 Å². The molecule has 1 heterocycles. The predicted molar refractivity (Wildman–Crippen MR) is 92.1 cm³/mol. The van der Waals surface area contributed by atoms with Crippen LogP contribution in [0.15, 0.2) is 24.4 Å². The molecule has 132 valence electrons. The third-order valence-corrected chi connectivity index (χ3v) is 4.74. The Bertz CT molecular complexity index is 513. The molecule has 0 aromatic carbocycles. The summed E-state index contributed by atoms with van der Waals surface area (Å²) in [5, 5.41) is 0. The highest BCUT2D eigenvalue weighted by atomic mass is 16.5. The fourth-order valence-electron chi connectivity index (χ4n) is 3.27. The van der Waals surface area contributed by atoms with E-state index >= 15 is 0 Å². The smallest absolute Gasteiger partial charge is 0.307 e. The first-order valence-corrected chi connectivity index (χ1v) is 8.93. The SMILES string of the molecule is COC(=O)CCN(Cc1ccccn1)C(=O)CCC1CCCCC1. The molecule has 24 heavy (non-hydrogen) atoms. The van der Waals surface area contributed by atoms with Crippen LogP contribution < -0.4 is 0 Å². The lowest BCUT2D eigenvalue weighted by atomic mass is 9.86. The summed E-state index contributed by atoms with van der Waals surface area (Å²) in [6.07, 6.45) is 9.85. The van der Waals surface area contributed by atoms with E-state index < -0.39 is 0 Å². The molecule has 5 nitrogen and oxygen atoms in total. The Kier molecular flexibility index (Phi) is 7.72. The van der Waals surface area contributed by atoms with Gasteiger partial charge in [0.15, 0.2) is 0 Å². The molecule has 1 aliphatic rings. The Labute approximate surface area is 144 Å². The van der Waals surface area contributed by atoms with Gasteiger partial charge < -0.3 is 9.64 Å². The molecule has 5 heteroatoms. The molecular weight excluding hydrogens is 304 g/mol. The summed E-state index contributed by atoms with van der Waals surface area (Å²) < 4.78 is 4.69. The Balaban J connectivity index is 1.89. The van der Waals surface area contributed by atoms with Crippen LogP contribution in [-0.4, -0.2) is 35.4 Å². The first-order valence-electron chi connectivity index (χ1n) is 8.93. The molecule has 0 saturated heterocycles. The average molecular weight is 332 g/mol. The third kappa shape index (κ3) is 6.30. The molecular formula is C19H28N2O3. The van der Waals surface area contributed by atoms with Crippen LogP contribution in [0.5, 0.6) is 0 Å². The van der Waals surface area contributed by atoms with Gasteiger partial charge >= 0.3 is 5.97 Å². The first kappa shape index (κ1) is 18.4. The Morgan fingerprint density at radius 3 is 2.67 bits per heavy atom. The van der Waals surface area contributed by atoms with Gasteiger partial charge in [-0.2, -0.15) is 0 Å². The standard InChI is InChI=1S/C19H28N2O3/c1-24-19(23)12-14-21(15-17-9-5-6-13-20-17)18(22)11-10-16-7-3-2-4-8-16/h5-6,9,13,16H,2-4,7-8,10-12,14-15H2,1H3. The highest BCUT2D eigenvalue weighted by molar-refractivity contribution is 5.77. The van der Waals surface area contributed by atoms with Crippen LogP contribution in [0, 0.1) is 5.92 Å². The Morgan fingerprint density at radius 2 is 2.00 bits per heavy atom. The van der Waals surface area contributed by atoms with E-state index in [-0.39, 0.29) is 18.3 Å². The lowest BCUT2D eigenvalue weighted by Gasteiger charge is -2.25. The van der Waals surface area contributed by atoms with Crippen molar-refractivity contribution in [3.8, 4) is 0 Å². The van der Waals surface area contributed by atoms with Gasteiger partial charge in [0.1, 0.15) is 0 Å². The monoisotopic (exact) mass is 332 g/mol. The van der Waals surface area contributed by atoms with Crippen molar-refractivity contribution < 1.29 is 14.3 Å². The summed E-state index contributed by atoms with van der Waals surface area (Å²) in [6.45, 7) is 0.827. The van der Waals surface area contributed by atoms with Crippen molar-refractivity contribution in [1.29, 1.82) is 0 Å². The van der Waals surface area contributed by atoms with Gasteiger partial charge in [-0.15, -0.1) is 0 Å². The minimum absolute atomic E-state index is 0.107. The van der Waals surface area contributed by atoms with Crippen LogP contribution in [0.3, 0.4) is 0 Å². The molecule has 1 fully saturated rings. The maximum absolute atomic E-state index is 12.6. The number of aromatic nitrogens is 1. The number of nitrogens with zero attached hydrogens (tertiary/aromatic N) is 2. The molecule has 0 atom stereocenters. The molecule has 1 amide bonds. The number of carbonyl (C=O) groups excluding carboxylic acids is 2. The maximum Gasteiger partial charge on any atom is 0.307 e. The molecule has 1 aromatic heterocycles. The molecule has 0 spiro atoms. The number of hydrogen-bond donors (Lipinski definition) is 0. The van der Waals surface area contributed by atoms with Crippen LogP contribution >= 0.6 is 0 Å². The number of methoxy groups -OCH3 is 1. The van der Waals surface area contributed by atoms with Crippen molar-refractivity contribution >= 4 is 11.9 Å². The van der Waals surface area contributed by atoms with Crippen LogP contribution in [0.2, 0.25) is 0 Å². The van der Waals surface area contributed by atoms with Gasteiger partial charge in [-0.05, 0) is 24.5 Å². The van der Waals surface area contributed by atoms with Gasteiger partial charge in [0.2, 0.25) is 5.91 Å². The number of pyridine rings is 1. The summed E-state index contributed by atoms with van der Waals surface area (Å²) in [4.78, 5) is 30.1. The highest BCUT2D eigenvalue weighted by Gasteiger charge is 2.19. The van der Waals surface area contributed by atoms with E-state index in [1.807, 2.05) is 18.2 Å². The van der Waals surface area contributed by atoms with Crippen LogP contribution in [0.25, 0.3) is 0 Å². The van der Waals surface area contributed by atoms with Gasteiger partial charge in [-0.1, -0.05) is 38.2 Å². The second kappa shape index (κ2) is 10.1. The number of ether oxygens (including phenoxy) is 1. The topological polar surface area (TPSA) is 59.5 Å². The molecule has 0 radical (unpaired) electrons. The van der Waals surface area contributed by atoms with E-state index in [9.17, 15) is 9.59 Å². The second-order valence-corrected chi connectivity index (χ2v) is 6.51. The summed E-state index contributed by atoms with van der Waals surface area (Å²) in [5.41, 5.74) is 0.841. The molecule has 0 bridgehead atoms. The lowest BCUT2D eigenvalue weighted by molar-refractivity contribution is -0.142. The minimum Gasteiger partial charge on any atom is -0.469 e. The molecule has 2 rings (SSSR count). The van der Waals surface area contributed by atoms with E-state index in [0.717, 1.165) is 12.1 Å². The van der Waals surface area contributed by atoms with Gasteiger partial charge in [0.25, 0.3) is 0 Å². The van der Waals surface area contributed by atoms with E-state index in [4.69, 9.17) is 4.74 Å². The second-order valence-electron chi connectivity index (χ2n) is 6.51. The van der Waals surface area contributed by atoms with Crippen molar-refractivity contribution in [2.45, 2.75) is 57.9 Å². The van der Waals surface area contributed by atoms with Crippen LogP contribution in [-0.2, 0) is 20.9 Å². The van der Waals surface area contributed by atoms with Crippen molar-refractivity contribution in [2.24, 2.45) is 5.92 Å². The zero-order valence-electron chi connectivity index (χ0n) is 14.6. The largest absolute Gasteiger partial charge is 0.469 e. The zero-order chi connectivity index (χ0) is 17.2. The quantitative estimate of drug-likeness (QED) is 0.685. The zero-order valence-corrected chi connectivity index (χ0v) is 14.6. The van der Waals surface area contributed by atoms with E-state index in [1.165, 1.54) is 39.2 Å². The molecule has 1 aromatic rings. The Hall–Kier alpha value is -1.91. The molecule has 0 unspecified atom stereocenters. The normalized spacial score (nSPS) is 15.0. The highest BCUT2D eigenvalue weighted by Crippen LogP contribution is 2.27. The van der Waals surface area contributed by atoms with Crippen molar-refractivity contribution in [1.82, 2.24) is 9.88 Å². The van der Waals surface area contributed by atoms with Gasteiger partial charge in [-0.3, -0.25) is 14.6 Å². The maximum atomic E-state index is 12.6. The number of hydrogen-bond acceptors (Lipinski definition) is 4. The van der Waals surface area contributed by atoms with Crippen molar-refractivity contribution in [3.05, 3.63) is 30.1 Å². The van der Waals surface area contributed by atoms with Gasteiger partial charge in [-0.25, -0.2) is 0 Å². The summed E-state index contributed by atoms with van der Waals surface area (Å²) >= 11 is 0. The van der Waals surface area contributed by atoms with Gasteiger partial charge in [0, 0.05) is 19.2 Å². The van der Waals surface area contributed by atoms with Crippen LogP contribution in [0.4, 0.5) is 0 Å². The fraction of sp³-hybridized carbons (Fsp3) is 0.632. The summed E-state index contributed by atoms with van der Waals surface area (Å²) in [6, 6.07) is 5.67. The number of amides is 1. The Morgan fingerprint density at radius 1 is 1.21 bits per heavy atom.